The number of hydrogen-bond acceptors (Lipinski definition) is 7. The van der Waals surface area contributed by atoms with Crippen molar-refractivity contribution in [3.05, 3.63) is 101 Å². The fourth-order valence-corrected chi connectivity index (χ4v) is 10.5. The maximum absolute atomic E-state index is 13.6. The fourth-order valence-electron chi connectivity index (χ4n) is 10.2. The molecular formula is C49H65BrN10O7. The fraction of sp³-hybridized carbons (Fsp3) is 0.510. The average molecular weight is 986 g/mol. The van der Waals surface area contributed by atoms with Gasteiger partial charge in [0.2, 0.25) is 0 Å². The number of benzene rings is 3. The normalized spacial score (nSPS) is 24.4. The number of urea groups is 5. The van der Waals surface area contributed by atoms with Gasteiger partial charge in [0.25, 0.3) is 0 Å². The second kappa shape index (κ2) is 23.1. The maximum atomic E-state index is 13.6. The summed E-state index contributed by atoms with van der Waals surface area (Å²) >= 11 is 3.41. The van der Waals surface area contributed by atoms with E-state index in [0.29, 0.717) is 23.9 Å². The number of carbonyl (C=O) groups excluding carboxylic acids is 6. The Kier molecular flexibility index (Phi) is 16.9. The Morgan fingerprint density at radius 3 is 1.75 bits per heavy atom. The molecule has 0 saturated heterocycles. The van der Waals surface area contributed by atoms with Crippen LogP contribution in [0, 0.1) is 11.8 Å². The van der Waals surface area contributed by atoms with Crippen molar-refractivity contribution in [2.75, 3.05) is 25.0 Å². The summed E-state index contributed by atoms with van der Waals surface area (Å²) in [5.74, 6) is 0.489. The van der Waals surface area contributed by atoms with Crippen molar-refractivity contribution in [2.24, 2.45) is 11.8 Å². The van der Waals surface area contributed by atoms with Crippen molar-refractivity contribution in [3.63, 3.8) is 0 Å². The van der Waals surface area contributed by atoms with Gasteiger partial charge in [-0.05, 0) is 125 Å². The highest BCUT2D eigenvalue weighted by Crippen LogP contribution is 2.45. The monoisotopic (exact) mass is 984 g/mol. The number of rotatable bonds is 18. The van der Waals surface area contributed by atoms with Crippen molar-refractivity contribution >= 4 is 57.7 Å². The third kappa shape index (κ3) is 14.2. The first-order valence-corrected chi connectivity index (χ1v) is 24.4. The first-order valence-electron chi connectivity index (χ1n) is 23.6. The summed E-state index contributed by atoms with van der Waals surface area (Å²) in [6.07, 6.45) is 8.68. The lowest BCUT2D eigenvalue weighted by molar-refractivity contribution is -0.144. The molecular weight excluding hydrogens is 921 g/mol. The van der Waals surface area contributed by atoms with Crippen LogP contribution in [-0.4, -0.2) is 91.0 Å². The summed E-state index contributed by atoms with van der Waals surface area (Å²) in [7, 11) is 0. The zero-order valence-corrected chi connectivity index (χ0v) is 39.7. The Labute approximate surface area is 400 Å². The molecule has 10 N–H and O–H groups in total. The molecule has 3 aromatic carbocycles. The smallest absolute Gasteiger partial charge is 0.319 e. The highest BCUT2D eigenvalue weighted by molar-refractivity contribution is 9.10. The van der Waals surface area contributed by atoms with Crippen molar-refractivity contribution in [3.8, 4) is 0 Å². The van der Waals surface area contributed by atoms with E-state index in [-0.39, 0.29) is 68.9 Å². The first kappa shape index (κ1) is 48.9. The minimum atomic E-state index is -0.646. The molecule has 4 atom stereocenters. The molecule has 6 aliphatic carbocycles. The summed E-state index contributed by atoms with van der Waals surface area (Å²) in [6, 6.07) is 23.0. The highest BCUT2D eigenvalue weighted by Gasteiger charge is 2.50. The van der Waals surface area contributed by atoms with Crippen LogP contribution in [0.1, 0.15) is 88.7 Å². The summed E-state index contributed by atoms with van der Waals surface area (Å²) in [6.45, 7) is 2.44. The number of ether oxygens (including phenoxy) is 1. The van der Waals surface area contributed by atoms with Gasteiger partial charge in [0.15, 0.2) is 0 Å². The quantitative estimate of drug-likeness (QED) is 0.0653. The number of hydrogen-bond donors (Lipinski definition) is 10. The minimum Gasteiger partial charge on any atom is -0.461 e. The van der Waals surface area contributed by atoms with E-state index >= 15 is 0 Å². The minimum absolute atomic E-state index is 0.0345. The van der Waals surface area contributed by atoms with E-state index in [1.165, 1.54) is 0 Å². The molecule has 0 unspecified atom stereocenters. The molecule has 6 aliphatic rings. The number of amides is 10. The molecule has 6 fully saturated rings. The third-order valence-corrected chi connectivity index (χ3v) is 14.4. The summed E-state index contributed by atoms with van der Waals surface area (Å²) in [5.41, 5.74) is 1.27. The lowest BCUT2D eigenvalue weighted by Gasteiger charge is -2.52. The molecule has 3 aromatic rings. The molecule has 67 heavy (non-hydrogen) atoms. The van der Waals surface area contributed by atoms with E-state index in [1.807, 2.05) is 79.7 Å². The average Bonchev–Trinajstić information content (AvgIpc) is 3.31. The summed E-state index contributed by atoms with van der Waals surface area (Å²) in [5, 5.41) is 30.1. The predicted octanol–water partition coefficient (Wildman–Crippen LogP) is 6.30. The molecule has 0 heterocycles. The maximum Gasteiger partial charge on any atom is 0.319 e. The number of carbonyl (C=O) groups is 6. The van der Waals surface area contributed by atoms with Gasteiger partial charge in [0.05, 0.1) is 35.6 Å². The molecule has 4 bridgehead atoms. The van der Waals surface area contributed by atoms with Crippen LogP contribution in [0.2, 0.25) is 0 Å². The summed E-state index contributed by atoms with van der Waals surface area (Å²) < 4.78 is 6.22. The van der Waals surface area contributed by atoms with Gasteiger partial charge in [-0.15, -0.1) is 0 Å². The van der Waals surface area contributed by atoms with Gasteiger partial charge in [-0.25, -0.2) is 24.0 Å². The summed E-state index contributed by atoms with van der Waals surface area (Å²) in [4.78, 5) is 78.7. The van der Waals surface area contributed by atoms with Crippen LogP contribution in [-0.2, 0) is 22.6 Å². The molecule has 18 heteroatoms. The van der Waals surface area contributed by atoms with Crippen LogP contribution < -0.4 is 53.2 Å². The third-order valence-electron chi connectivity index (χ3n) is 13.9. The van der Waals surface area contributed by atoms with Crippen molar-refractivity contribution < 1.29 is 33.5 Å². The Bertz CT molecular complexity index is 2150. The van der Waals surface area contributed by atoms with Gasteiger partial charge in [-0.1, -0.05) is 76.6 Å². The topological polar surface area (TPSA) is 232 Å². The molecule has 9 rings (SSSR count). The Balaban J connectivity index is 0.845. The van der Waals surface area contributed by atoms with Crippen LogP contribution in [0.4, 0.5) is 29.7 Å². The van der Waals surface area contributed by atoms with Crippen LogP contribution in [0.3, 0.4) is 0 Å². The van der Waals surface area contributed by atoms with Gasteiger partial charge in [0.1, 0.15) is 6.61 Å². The van der Waals surface area contributed by atoms with Gasteiger partial charge in [-0.3, -0.25) is 4.79 Å². The van der Waals surface area contributed by atoms with E-state index in [1.54, 1.807) is 12.1 Å². The molecule has 10 amide bonds. The Hall–Kier alpha value is -6.04. The van der Waals surface area contributed by atoms with Gasteiger partial charge in [-0.2, -0.15) is 0 Å². The van der Waals surface area contributed by atoms with E-state index in [2.05, 4.69) is 69.1 Å². The molecule has 17 nitrogen and oxygen atoms in total. The number of halogens is 1. The number of fused-ring (bicyclic) bond motifs is 6. The van der Waals surface area contributed by atoms with Gasteiger partial charge < -0.3 is 57.9 Å². The van der Waals surface area contributed by atoms with Crippen LogP contribution in [0.25, 0.3) is 0 Å². The zero-order valence-electron chi connectivity index (χ0n) is 38.1. The SMILES string of the molecule is C[C@@H](CNC(=O)N[C@H]1CC2CCC1(NC(=O)NCCC(=O)OCc1ccccc1)CC2)NC(=O)NC12CCC(CC1)C[C@@H]2NC(=O)NC[C@H](Cc1ccccc1)NC(=O)Nc1ccc(Br)cc1. The molecule has 0 radical (unpaired) electrons. The largest absolute Gasteiger partial charge is 0.461 e. The van der Waals surface area contributed by atoms with Gasteiger partial charge >= 0.3 is 36.1 Å². The molecule has 360 valence electrons. The van der Waals surface area contributed by atoms with E-state index < -0.39 is 35.2 Å². The first-order chi connectivity index (χ1) is 32.3. The lowest BCUT2D eigenvalue weighted by atomic mass is 9.63. The van der Waals surface area contributed by atoms with Gasteiger partial charge in [0, 0.05) is 35.8 Å². The van der Waals surface area contributed by atoms with E-state index in [9.17, 15) is 28.8 Å². The van der Waals surface area contributed by atoms with Crippen LogP contribution >= 0.6 is 15.9 Å². The van der Waals surface area contributed by atoms with Crippen LogP contribution in [0.15, 0.2) is 89.4 Å². The van der Waals surface area contributed by atoms with Crippen molar-refractivity contribution in [1.82, 2.24) is 47.9 Å². The Morgan fingerprint density at radius 1 is 0.627 bits per heavy atom. The Morgan fingerprint density at radius 2 is 1.16 bits per heavy atom. The molecule has 0 aromatic heterocycles. The van der Waals surface area contributed by atoms with Crippen LogP contribution in [0.5, 0.6) is 0 Å². The number of esters is 1. The number of nitrogens with one attached hydrogen (secondary N) is 10. The predicted molar refractivity (Wildman–Crippen MR) is 258 cm³/mol. The van der Waals surface area contributed by atoms with Crippen molar-refractivity contribution in [1.29, 1.82) is 0 Å². The zero-order chi connectivity index (χ0) is 47.2. The molecule has 0 aliphatic heterocycles. The van der Waals surface area contributed by atoms with E-state index in [0.717, 1.165) is 79.8 Å². The lowest BCUT2D eigenvalue weighted by Crippen LogP contribution is -2.69. The number of anilines is 1. The van der Waals surface area contributed by atoms with Crippen molar-refractivity contribution in [2.45, 2.75) is 126 Å². The standard InChI is InChI=1S/C49H65BrN10O7/c1-32(29-52-43(62)57-40-27-34-16-21-48(40,22-17-34)59-45(64)51-25-20-42(61)67-31-36-10-6-3-7-11-36)54-47(66)60-49-23-18-35(19-24-49)28-41(49)58-44(63)53-30-39(26-33-8-4-2-5-9-33)56-46(65)55-38-14-12-37(50)13-15-38/h2-15,32,34-35,39-41H,16-31H2,1H3,(H2,51,59,64)(H2,52,57,62)(H2,53,58,63)(H2,54,60,66)(H2,55,56,65)/t32-,34?,35?,39-,40-,41-,48?,49?/m0/s1. The highest BCUT2D eigenvalue weighted by atomic mass is 79.9. The van der Waals surface area contributed by atoms with E-state index in [4.69, 9.17) is 4.74 Å². The second-order valence-corrected chi connectivity index (χ2v) is 19.7. The molecule has 0 spiro atoms. The second-order valence-electron chi connectivity index (χ2n) is 18.8. The molecule has 6 saturated carbocycles.